The van der Waals surface area contributed by atoms with Crippen LogP contribution in [-0.2, 0) is 0 Å². The van der Waals surface area contributed by atoms with E-state index in [1.54, 1.807) is 6.92 Å². The second-order valence-electron chi connectivity index (χ2n) is 1.63. The minimum Gasteiger partial charge on any atom is -0.397 e. The molecule has 0 bridgehead atoms. The minimum atomic E-state index is 0.250. The Morgan fingerprint density at radius 1 is 1.50 bits per heavy atom. The quantitative estimate of drug-likeness (QED) is 0.519. The van der Waals surface area contributed by atoms with E-state index in [1.807, 2.05) is 6.92 Å². The fourth-order valence-corrected chi connectivity index (χ4v) is 0. The van der Waals surface area contributed by atoms with Crippen LogP contribution in [0.2, 0.25) is 0 Å². The molecule has 0 aromatic rings. The lowest BCUT2D eigenvalue weighted by molar-refractivity contribution is 0.318. The third-order valence-corrected chi connectivity index (χ3v) is 0.604. The van der Waals surface area contributed by atoms with Gasteiger partial charge in [0.2, 0.25) is 0 Å². The predicted octanol–water partition coefficient (Wildman–Crippen LogP) is 1.97. The van der Waals surface area contributed by atoms with E-state index in [-0.39, 0.29) is 6.61 Å². The number of hydrogen-bond donors (Lipinski definition) is 1. The summed E-state index contributed by atoms with van der Waals surface area (Å²) in [7, 11) is 0. The summed E-state index contributed by atoms with van der Waals surface area (Å²) in [5.74, 6) is 0. The Labute approximate surface area is 52.0 Å². The van der Waals surface area contributed by atoms with E-state index < -0.39 is 0 Å². The van der Waals surface area contributed by atoms with Gasteiger partial charge in [-0.05, 0) is 20.3 Å². The summed E-state index contributed by atoms with van der Waals surface area (Å²) in [6.07, 6.45) is 1.11. The fourth-order valence-electron chi connectivity index (χ4n) is 0. The van der Waals surface area contributed by atoms with Crippen molar-refractivity contribution in [1.82, 2.24) is 0 Å². The average molecular weight is 116 g/mol. The van der Waals surface area contributed by atoms with Crippen LogP contribution in [0, 0.1) is 0 Å². The Bertz CT molecular complexity index is 48.3. The fraction of sp³-hybridized carbons (Fsp3) is 0.714. The molecule has 0 spiro atoms. The largest absolute Gasteiger partial charge is 0.397 e. The Morgan fingerprint density at radius 3 is 1.62 bits per heavy atom. The summed E-state index contributed by atoms with van der Waals surface area (Å²) in [4.78, 5) is 0. The molecule has 0 saturated heterocycles. The maximum atomic E-state index is 7.57. The molecule has 0 fully saturated rings. The highest BCUT2D eigenvalue weighted by molar-refractivity contribution is 4.84. The summed E-state index contributed by atoms with van der Waals surface area (Å²) in [6, 6.07) is 0. The van der Waals surface area contributed by atoms with Gasteiger partial charge in [-0.2, -0.15) is 0 Å². The summed E-state index contributed by atoms with van der Waals surface area (Å²) in [6.45, 7) is 9.73. The molecule has 0 atom stereocenters. The van der Waals surface area contributed by atoms with Gasteiger partial charge in [0.15, 0.2) is 0 Å². The maximum Gasteiger partial charge on any atom is 0.0402 e. The second kappa shape index (κ2) is 9.85. The average Bonchev–Trinajstić information content (AvgIpc) is 1.69. The number of allylic oxidation sites excluding steroid dienone is 1. The molecule has 0 aliphatic rings. The first-order valence-corrected chi connectivity index (χ1v) is 2.94. The zero-order valence-electron chi connectivity index (χ0n) is 6.07. The van der Waals surface area contributed by atoms with Crippen molar-refractivity contribution in [2.24, 2.45) is 0 Å². The van der Waals surface area contributed by atoms with Crippen LogP contribution in [0.3, 0.4) is 0 Å². The van der Waals surface area contributed by atoms with Crippen molar-refractivity contribution < 1.29 is 5.11 Å². The third kappa shape index (κ3) is 43.6. The Kier molecular flexibility index (Phi) is 13.1. The van der Waals surface area contributed by atoms with E-state index in [4.69, 9.17) is 5.11 Å². The first-order valence-electron chi connectivity index (χ1n) is 2.94. The van der Waals surface area contributed by atoms with E-state index in [2.05, 4.69) is 13.5 Å². The lowest BCUT2D eigenvalue weighted by Crippen LogP contribution is -1.58. The van der Waals surface area contributed by atoms with Crippen LogP contribution in [0.25, 0.3) is 0 Å². The smallest absolute Gasteiger partial charge is 0.0402 e. The summed E-state index contributed by atoms with van der Waals surface area (Å²) in [5, 5.41) is 7.57. The van der Waals surface area contributed by atoms with Gasteiger partial charge in [-0.3, -0.25) is 0 Å². The molecule has 8 heavy (non-hydrogen) atoms. The van der Waals surface area contributed by atoms with Gasteiger partial charge in [0.25, 0.3) is 0 Å². The number of aliphatic hydroxyl groups excluding tert-OH is 1. The zero-order chi connectivity index (χ0) is 6.99. The molecule has 0 aliphatic carbocycles. The van der Waals surface area contributed by atoms with Gasteiger partial charge in [0.05, 0.1) is 0 Å². The molecular formula is C7H16O. The van der Waals surface area contributed by atoms with Crippen molar-refractivity contribution >= 4 is 0 Å². The Hall–Kier alpha value is -0.300. The second-order valence-corrected chi connectivity index (χ2v) is 1.63. The van der Waals surface area contributed by atoms with E-state index in [1.165, 1.54) is 5.57 Å². The number of rotatable bonds is 1. The van der Waals surface area contributed by atoms with Gasteiger partial charge >= 0.3 is 0 Å². The van der Waals surface area contributed by atoms with Crippen molar-refractivity contribution in [3.05, 3.63) is 12.2 Å². The monoisotopic (exact) mass is 116 g/mol. The zero-order valence-corrected chi connectivity index (χ0v) is 6.07. The Morgan fingerprint density at radius 2 is 1.62 bits per heavy atom. The van der Waals surface area contributed by atoms with Crippen LogP contribution in [0.15, 0.2) is 12.2 Å². The Balaban J connectivity index is 0. The summed E-state index contributed by atoms with van der Waals surface area (Å²) >= 11 is 0. The standard InChI is InChI=1S/C5H10.C2H6O/c1-4-5(2)3;1-2-3/h2,4H2,1,3H3;3H,2H2,1H3. The SMILES string of the molecule is C=C(C)CC.CCO. The molecule has 0 saturated carbocycles. The van der Waals surface area contributed by atoms with Crippen molar-refractivity contribution in [2.45, 2.75) is 27.2 Å². The van der Waals surface area contributed by atoms with Crippen molar-refractivity contribution in [3.8, 4) is 0 Å². The van der Waals surface area contributed by atoms with Gasteiger partial charge in [-0.1, -0.05) is 12.5 Å². The van der Waals surface area contributed by atoms with Crippen LogP contribution < -0.4 is 0 Å². The first kappa shape index (κ1) is 10.6. The maximum absolute atomic E-state index is 7.57. The minimum absolute atomic E-state index is 0.250. The lowest BCUT2D eigenvalue weighted by atomic mass is 10.3. The lowest BCUT2D eigenvalue weighted by Gasteiger charge is -1.79. The molecule has 0 unspecified atom stereocenters. The molecule has 50 valence electrons. The van der Waals surface area contributed by atoms with E-state index in [0.29, 0.717) is 0 Å². The van der Waals surface area contributed by atoms with E-state index in [9.17, 15) is 0 Å². The molecule has 1 N–H and O–H groups in total. The van der Waals surface area contributed by atoms with Crippen LogP contribution in [0.5, 0.6) is 0 Å². The van der Waals surface area contributed by atoms with E-state index in [0.717, 1.165) is 6.42 Å². The molecule has 0 radical (unpaired) electrons. The van der Waals surface area contributed by atoms with Crippen molar-refractivity contribution in [1.29, 1.82) is 0 Å². The molecule has 0 amide bonds. The van der Waals surface area contributed by atoms with Gasteiger partial charge < -0.3 is 5.11 Å². The topological polar surface area (TPSA) is 20.2 Å². The predicted molar refractivity (Wildman–Crippen MR) is 37.9 cm³/mol. The van der Waals surface area contributed by atoms with Gasteiger partial charge in [0, 0.05) is 6.61 Å². The van der Waals surface area contributed by atoms with Gasteiger partial charge in [-0.15, -0.1) is 6.58 Å². The van der Waals surface area contributed by atoms with Gasteiger partial charge in [0.1, 0.15) is 0 Å². The first-order chi connectivity index (χ1) is 3.68. The van der Waals surface area contributed by atoms with Crippen LogP contribution in [0.4, 0.5) is 0 Å². The van der Waals surface area contributed by atoms with Crippen LogP contribution >= 0.6 is 0 Å². The molecule has 0 rings (SSSR count). The molecule has 0 heterocycles. The number of hydrogen-bond acceptors (Lipinski definition) is 1. The van der Waals surface area contributed by atoms with Crippen molar-refractivity contribution in [3.63, 3.8) is 0 Å². The van der Waals surface area contributed by atoms with Gasteiger partial charge in [-0.25, -0.2) is 0 Å². The number of aliphatic hydroxyl groups is 1. The normalized spacial score (nSPS) is 7.00. The molecule has 1 nitrogen and oxygen atoms in total. The highest BCUT2D eigenvalue weighted by Gasteiger charge is 1.67. The highest BCUT2D eigenvalue weighted by Crippen LogP contribution is 1.88. The van der Waals surface area contributed by atoms with Crippen molar-refractivity contribution in [2.75, 3.05) is 6.61 Å². The summed E-state index contributed by atoms with van der Waals surface area (Å²) in [5.41, 5.74) is 1.25. The molecular weight excluding hydrogens is 100 g/mol. The van der Waals surface area contributed by atoms with Crippen LogP contribution in [-0.4, -0.2) is 11.7 Å². The molecule has 0 aromatic carbocycles. The summed E-state index contributed by atoms with van der Waals surface area (Å²) < 4.78 is 0. The third-order valence-electron chi connectivity index (χ3n) is 0.604. The molecule has 0 aromatic heterocycles. The van der Waals surface area contributed by atoms with Crippen LogP contribution in [0.1, 0.15) is 27.2 Å². The molecule has 1 heteroatoms. The molecule has 0 aliphatic heterocycles. The van der Waals surface area contributed by atoms with E-state index >= 15 is 0 Å². The highest BCUT2D eigenvalue weighted by atomic mass is 16.2.